The summed E-state index contributed by atoms with van der Waals surface area (Å²) in [4.78, 5) is 22.8. The van der Waals surface area contributed by atoms with E-state index in [2.05, 4.69) is 16.0 Å². The number of aliphatic hydroxyl groups excluding tert-OH is 1. The zero-order valence-electron chi connectivity index (χ0n) is 20.1. The number of ether oxygens (including phenoxy) is 4. The predicted octanol–water partition coefficient (Wildman–Crippen LogP) is 4.50. The first-order valence-corrected chi connectivity index (χ1v) is 12.2. The van der Waals surface area contributed by atoms with E-state index in [9.17, 15) is 9.90 Å². The number of aromatic nitrogens is 2. The van der Waals surface area contributed by atoms with Crippen LogP contribution in [0.25, 0.3) is 11.0 Å². The highest BCUT2D eigenvalue weighted by atomic mass is 16.6. The van der Waals surface area contributed by atoms with E-state index in [4.69, 9.17) is 18.9 Å². The molecule has 9 nitrogen and oxygen atoms in total. The van der Waals surface area contributed by atoms with Crippen LogP contribution in [0.1, 0.15) is 37.7 Å². The summed E-state index contributed by atoms with van der Waals surface area (Å²) < 4.78 is 22.1. The Hall–Kier alpha value is -3.85. The van der Waals surface area contributed by atoms with Crippen LogP contribution in [0.3, 0.4) is 0 Å². The molecule has 36 heavy (non-hydrogen) atoms. The number of methoxy groups -OCH3 is 1. The van der Waals surface area contributed by atoms with Gasteiger partial charge in [0.1, 0.15) is 12.4 Å². The Balaban J connectivity index is 1.12. The van der Waals surface area contributed by atoms with Crippen LogP contribution in [-0.4, -0.2) is 51.9 Å². The number of hydrogen-bond donors (Lipinski definition) is 1. The van der Waals surface area contributed by atoms with Gasteiger partial charge in [-0.15, -0.1) is 0 Å². The van der Waals surface area contributed by atoms with Crippen LogP contribution in [0.15, 0.2) is 72.4 Å². The summed E-state index contributed by atoms with van der Waals surface area (Å²) >= 11 is 0. The van der Waals surface area contributed by atoms with Crippen molar-refractivity contribution in [2.45, 2.75) is 50.7 Å². The van der Waals surface area contributed by atoms with Gasteiger partial charge in [-0.1, -0.05) is 18.2 Å². The van der Waals surface area contributed by atoms with E-state index in [0.717, 1.165) is 35.0 Å². The number of hydrogen-bond acceptors (Lipinski definition) is 8. The van der Waals surface area contributed by atoms with E-state index < -0.39 is 12.2 Å². The number of pyridine rings is 2. The van der Waals surface area contributed by atoms with Crippen LogP contribution in [0.4, 0.5) is 4.79 Å². The SMILES string of the molecule is COc1ccc2nccc(CCC(O)CCC3CN(C4=COC=C(C5=CC=CCC5)O4)C(=O)O3)c2n1. The standard InChI is InChI=1S/C27H29N3O6/c1-33-24-12-11-22-26(29-24)19(13-14-28-22)7-8-20(31)9-10-21-15-30(27(32)35-21)25-17-34-16-23(36-25)18-5-3-2-4-6-18/h2-3,5,11-14,16-17,20-21,31H,4,6-10,15H2,1H3. The van der Waals surface area contributed by atoms with Gasteiger partial charge in [0.2, 0.25) is 11.8 Å². The van der Waals surface area contributed by atoms with E-state index in [0.29, 0.717) is 49.8 Å². The monoisotopic (exact) mass is 491 g/mol. The number of aliphatic hydroxyl groups is 1. The molecule has 1 aliphatic carbocycles. The number of amides is 1. The maximum Gasteiger partial charge on any atom is 0.417 e. The molecular formula is C27H29N3O6. The normalized spacial score (nSPS) is 20.2. The van der Waals surface area contributed by atoms with Crippen molar-refractivity contribution < 1.29 is 28.8 Å². The molecule has 188 valence electrons. The zero-order chi connectivity index (χ0) is 24.9. The first kappa shape index (κ1) is 23.9. The predicted molar refractivity (Wildman–Crippen MR) is 131 cm³/mol. The lowest BCUT2D eigenvalue weighted by Gasteiger charge is -2.23. The third-order valence-electron chi connectivity index (χ3n) is 6.45. The van der Waals surface area contributed by atoms with Gasteiger partial charge in [-0.2, -0.15) is 0 Å². The summed E-state index contributed by atoms with van der Waals surface area (Å²) in [6.45, 7) is 0.339. The van der Waals surface area contributed by atoms with Gasteiger partial charge in [-0.05, 0) is 61.8 Å². The van der Waals surface area contributed by atoms with Crippen molar-refractivity contribution in [3.63, 3.8) is 0 Å². The third kappa shape index (κ3) is 5.36. The molecule has 3 aliphatic rings. The van der Waals surface area contributed by atoms with Crippen molar-refractivity contribution in [1.29, 1.82) is 0 Å². The lowest BCUT2D eigenvalue weighted by Crippen LogP contribution is -2.27. The summed E-state index contributed by atoms with van der Waals surface area (Å²) in [5, 5.41) is 10.6. The van der Waals surface area contributed by atoms with Gasteiger partial charge in [-0.3, -0.25) is 4.98 Å². The number of cyclic esters (lactones) is 1. The number of aryl methyl sites for hydroxylation is 1. The maximum atomic E-state index is 12.5. The van der Waals surface area contributed by atoms with E-state index in [-0.39, 0.29) is 6.10 Å². The van der Waals surface area contributed by atoms with Crippen LogP contribution in [0.2, 0.25) is 0 Å². The molecule has 1 saturated heterocycles. The van der Waals surface area contributed by atoms with Gasteiger partial charge in [0.15, 0.2) is 12.0 Å². The average molecular weight is 492 g/mol. The first-order valence-electron chi connectivity index (χ1n) is 12.2. The minimum absolute atomic E-state index is 0.309. The molecule has 4 heterocycles. The topological polar surface area (TPSA) is 103 Å². The Morgan fingerprint density at radius 1 is 1.25 bits per heavy atom. The fourth-order valence-corrected chi connectivity index (χ4v) is 4.46. The van der Waals surface area contributed by atoms with Crippen LogP contribution in [-0.2, 0) is 20.6 Å². The second-order valence-electron chi connectivity index (χ2n) is 8.91. The number of carbonyl (C=O) groups is 1. The highest BCUT2D eigenvalue weighted by Crippen LogP contribution is 2.30. The first-order chi connectivity index (χ1) is 17.6. The second kappa shape index (κ2) is 10.8. The minimum atomic E-state index is -0.541. The Morgan fingerprint density at radius 2 is 2.17 bits per heavy atom. The Morgan fingerprint density at radius 3 is 3.00 bits per heavy atom. The molecule has 9 heteroatoms. The molecule has 1 amide bonds. The zero-order valence-corrected chi connectivity index (χ0v) is 20.1. The van der Waals surface area contributed by atoms with Gasteiger partial charge in [0.25, 0.3) is 0 Å². The van der Waals surface area contributed by atoms with Gasteiger partial charge in [-0.25, -0.2) is 14.7 Å². The van der Waals surface area contributed by atoms with Crippen molar-refractivity contribution in [3.05, 3.63) is 77.9 Å². The summed E-state index contributed by atoms with van der Waals surface area (Å²) in [5.74, 6) is 1.44. The Bertz CT molecular complexity index is 1250. The molecule has 0 spiro atoms. The van der Waals surface area contributed by atoms with Crippen molar-refractivity contribution in [3.8, 4) is 5.88 Å². The minimum Gasteiger partial charge on any atom is -0.481 e. The van der Waals surface area contributed by atoms with Crippen LogP contribution >= 0.6 is 0 Å². The molecule has 0 radical (unpaired) electrons. The van der Waals surface area contributed by atoms with Crippen molar-refractivity contribution in [2.24, 2.45) is 0 Å². The fourth-order valence-electron chi connectivity index (χ4n) is 4.46. The maximum absolute atomic E-state index is 12.5. The molecule has 2 aliphatic heterocycles. The largest absolute Gasteiger partial charge is 0.481 e. The van der Waals surface area contributed by atoms with Crippen molar-refractivity contribution >= 4 is 17.1 Å². The molecule has 2 aromatic rings. The summed E-state index contributed by atoms with van der Waals surface area (Å²) in [6, 6.07) is 5.57. The van der Waals surface area contributed by atoms with Crippen molar-refractivity contribution in [2.75, 3.05) is 13.7 Å². The van der Waals surface area contributed by atoms with Gasteiger partial charge < -0.3 is 24.1 Å². The van der Waals surface area contributed by atoms with Crippen LogP contribution < -0.4 is 4.74 Å². The van der Waals surface area contributed by atoms with Crippen LogP contribution in [0.5, 0.6) is 5.88 Å². The molecule has 1 fully saturated rings. The Kier molecular flexibility index (Phi) is 7.18. The molecule has 0 bridgehead atoms. The highest BCUT2D eigenvalue weighted by Gasteiger charge is 2.36. The Labute approximate surface area is 209 Å². The second-order valence-corrected chi connectivity index (χ2v) is 8.91. The highest BCUT2D eigenvalue weighted by molar-refractivity contribution is 5.78. The molecular weight excluding hydrogens is 462 g/mol. The molecule has 2 unspecified atom stereocenters. The molecule has 1 N–H and O–H groups in total. The summed E-state index contributed by atoms with van der Waals surface area (Å²) in [7, 11) is 1.58. The summed E-state index contributed by atoms with van der Waals surface area (Å²) in [6.07, 6.45) is 13.4. The van der Waals surface area contributed by atoms with E-state index >= 15 is 0 Å². The quantitative estimate of drug-likeness (QED) is 0.547. The number of allylic oxidation sites excluding steroid dienone is 4. The van der Waals surface area contributed by atoms with E-state index in [1.807, 2.05) is 24.3 Å². The van der Waals surface area contributed by atoms with Gasteiger partial charge in [0, 0.05) is 12.3 Å². The third-order valence-corrected chi connectivity index (χ3v) is 6.45. The number of nitrogens with zero attached hydrogens (tertiary/aromatic N) is 3. The average Bonchev–Trinajstić information content (AvgIpc) is 3.31. The van der Waals surface area contributed by atoms with E-state index in [1.54, 1.807) is 25.6 Å². The summed E-state index contributed by atoms with van der Waals surface area (Å²) in [5.41, 5.74) is 3.59. The molecule has 2 atom stereocenters. The van der Waals surface area contributed by atoms with Gasteiger partial charge in [0.05, 0.1) is 30.8 Å². The smallest absolute Gasteiger partial charge is 0.417 e. The number of fused-ring (bicyclic) bond motifs is 1. The number of rotatable bonds is 9. The van der Waals surface area contributed by atoms with E-state index in [1.165, 1.54) is 11.2 Å². The fraction of sp³-hybridized carbons (Fsp3) is 0.370. The molecule has 0 saturated carbocycles. The molecule has 0 aromatic carbocycles. The lowest BCUT2D eigenvalue weighted by atomic mass is 10.0. The number of carbonyl (C=O) groups excluding carboxylic acids is 1. The molecule has 5 rings (SSSR count). The lowest BCUT2D eigenvalue weighted by molar-refractivity contribution is 0.102. The van der Waals surface area contributed by atoms with Crippen LogP contribution in [0, 0.1) is 0 Å². The van der Waals surface area contributed by atoms with Crippen molar-refractivity contribution in [1.82, 2.24) is 14.9 Å². The van der Waals surface area contributed by atoms with Gasteiger partial charge >= 0.3 is 6.09 Å². The molecule has 2 aromatic heterocycles.